The minimum Gasteiger partial charge on any atom is -0.493 e. The Labute approximate surface area is 182 Å². The molecule has 0 aliphatic carbocycles. The smallest absolute Gasteiger partial charge is 0.238 e. The molecule has 0 saturated carbocycles. The fourth-order valence-electron chi connectivity index (χ4n) is 3.87. The molecule has 1 N–H and O–H groups in total. The van der Waals surface area contributed by atoms with Gasteiger partial charge in [-0.3, -0.25) is 14.6 Å². The molecule has 8 nitrogen and oxygen atoms in total. The standard InChI is InChI=1S/C23H29N3O5/c1-28-19-5-3-17(13-21(19)29-2)15-25-7-9-26(10-8-25)16-23(27)24-18-4-6-20-22(14-18)31-12-11-30-20/h3-6,13-14H,7-12,15-16H2,1-2H3,(H,24,27). The monoisotopic (exact) mass is 427 g/mol. The van der Waals surface area contributed by atoms with E-state index in [9.17, 15) is 4.79 Å². The summed E-state index contributed by atoms with van der Waals surface area (Å²) in [5, 5.41) is 2.96. The molecule has 2 aliphatic rings. The van der Waals surface area contributed by atoms with Gasteiger partial charge < -0.3 is 24.3 Å². The van der Waals surface area contributed by atoms with E-state index in [1.807, 2.05) is 30.3 Å². The molecule has 1 saturated heterocycles. The molecule has 0 bridgehead atoms. The number of fused-ring (bicyclic) bond motifs is 1. The number of hydrogen-bond acceptors (Lipinski definition) is 7. The van der Waals surface area contributed by atoms with Crippen LogP contribution in [0.15, 0.2) is 36.4 Å². The fourth-order valence-corrected chi connectivity index (χ4v) is 3.87. The number of ether oxygens (including phenoxy) is 4. The van der Waals surface area contributed by atoms with E-state index in [-0.39, 0.29) is 5.91 Å². The third kappa shape index (κ3) is 5.39. The Morgan fingerprint density at radius 3 is 2.35 bits per heavy atom. The minimum atomic E-state index is -0.0231. The van der Waals surface area contributed by atoms with E-state index in [1.54, 1.807) is 14.2 Å². The second kappa shape index (κ2) is 9.89. The molecule has 0 unspecified atom stereocenters. The van der Waals surface area contributed by atoms with Gasteiger partial charge in [-0.1, -0.05) is 6.07 Å². The molecule has 0 spiro atoms. The molecule has 2 aromatic carbocycles. The van der Waals surface area contributed by atoms with Crippen molar-refractivity contribution in [1.29, 1.82) is 0 Å². The number of hydrogen-bond donors (Lipinski definition) is 1. The summed E-state index contributed by atoms with van der Waals surface area (Å²) in [5.41, 5.74) is 1.91. The van der Waals surface area contributed by atoms with Crippen LogP contribution in [0, 0.1) is 0 Å². The number of anilines is 1. The number of nitrogens with zero attached hydrogens (tertiary/aromatic N) is 2. The number of carbonyl (C=O) groups excluding carboxylic acids is 1. The predicted molar refractivity (Wildman–Crippen MR) is 117 cm³/mol. The third-order valence-corrected chi connectivity index (χ3v) is 5.51. The summed E-state index contributed by atoms with van der Waals surface area (Å²) in [4.78, 5) is 17.1. The van der Waals surface area contributed by atoms with Crippen molar-refractivity contribution in [3.05, 3.63) is 42.0 Å². The minimum absolute atomic E-state index is 0.0231. The van der Waals surface area contributed by atoms with Crippen molar-refractivity contribution in [3.63, 3.8) is 0 Å². The molecule has 2 heterocycles. The fraction of sp³-hybridized carbons (Fsp3) is 0.435. The summed E-state index contributed by atoms with van der Waals surface area (Å²) in [6.07, 6.45) is 0. The van der Waals surface area contributed by atoms with Crippen LogP contribution in [0.1, 0.15) is 5.56 Å². The van der Waals surface area contributed by atoms with Crippen LogP contribution in [0.5, 0.6) is 23.0 Å². The summed E-state index contributed by atoms with van der Waals surface area (Å²) in [5.74, 6) is 2.85. The number of methoxy groups -OCH3 is 2. The Hall–Kier alpha value is -2.97. The van der Waals surface area contributed by atoms with Gasteiger partial charge in [-0.15, -0.1) is 0 Å². The molecule has 0 atom stereocenters. The highest BCUT2D eigenvalue weighted by atomic mass is 16.6. The summed E-state index contributed by atoms with van der Waals surface area (Å²) in [6, 6.07) is 11.5. The maximum atomic E-state index is 12.5. The Morgan fingerprint density at radius 2 is 1.61 bits per heavy atom. The maximum Gasteiger partial charge on any atom is 0.238 e. The van der Waals surface area contributed by atoms with Gasteiger partial charge in [0.25, 0.3) is 0 Å². The van der Waals surface area contributed by atoms with Crippen LogP contribution >= 0.6 is 0 Å². The van der Waals surface area contributed by atoms with Crippen LogP contribution < -0.4 is 24.3 Å². The number of benzene rings is 2. The van der Waals surface area contributed by atoms with Gasteiger partial charge in [-0.05, 0) is 29.8 Å². The SMILES string of the molecule is COc1ccc(CN2CCN(CC(=O)Nc3ccc4c(c3)OCCO4)CC2)cc1OC. The predicted octanol–water partition coefficient (Wildman–Crippen LogP) is 2.23. The third-order valence-electron chi connectivity index (χ3n) is 5.51. The van der Waals surface area contributed by atoms with Crippen LogP contribution in [0.25, 0.3) is 0 Å². The molecule has 2 aliphatic heterocycles. The molecule has 166 valence electrons. The second-order valence-corrected chi connectivity index (χ2v) is 7.65. The maximum absolute atomic E-state index is 12.5. The van der Waals surface area contributed by atoms with Gasteiger partial charge in [0.1, 0.15) is 13.2 Å². The summed E-state index contributed by atoms with van der Waals surface area (Å²) < 4.78 is 21.8. The number of nitrogens with one attached hydrogen (secondary N) is 1. The molecule has 1 amide bonds. The lowest BCUT2D eigenvalue weighted by Gasteiger charge is -2.34. The summed E-state index contributed by atoms with van der Waals surface area (Å²) >= 11 is 0. The van der Waals surface area contributed by atoms with E-state index >= 15 is 0 Å². The van der Waals surface area contributed by atoms with Crippen molar-refractivity contribution in [1.82, 2.24) is 9.80 Å². The van der Waals surface area contributed by atoms with Gasteiger partial charge in [0, 0.05) is 44.5 Å². The van der Waals surface area contributed by atoms with E-state index in [4.69, 9.17) is 18.9 Å². The van der Waals surface area contributed by atoms with Crippen LogP contribution in [0.3, 0.4) is 0 Å². The lowest BCUT2D eigenvalue weighted by atomic mass is 10.1. The number of carbonyl (C=O) groups is 1. The molecule has 1 fully saturated rings. The Morgan fingerprint density at radius 1 is 0.903 bits per heavy atom. The first-order valence-electron chi connectivity index (χ1n) is 10.5. The second-order valence-electron chi connectivity index (χ2n) is 7.65. The summed E-state index contributed by atoms with van der Waals surface area (Å²) in [7, 11) is 3.29. The van der Waals surface area contributed by atoms with E-state index in [0.29, 0.717) is 25.5 Å². The normalized spacial score (nSPS) is 16.6. The largest absolute Gasteiger partial charge is 0.493 e. The van der Waals surface area contributed by atoms with Gasteiger partial charge in [0.05, 0.1) is 20.8 Å². The average Bonchev–Trinajstić information content (AvgIpc) is 2.80. The Balaban J connectivity index is 1.24. The zero-order valence-electron chi connectivity index (χ0n) is 18.1. The highest BCUT2D eigenvalue weighted by Crippen LogP contribution is 2.32. The van der Waals surface area contributed by atoms with Crippen LogP contribution in [-0.4, -0.2) is 75.9 Å². The molecule has 4 rings (SSSR count). The molecule has 2 aromatic rings. The molecular weight excluding hydrogens is 398 g/mol. The lowest BCUT2D eigenvalue weighted by molar-refractivity contribution is -0.117. The Kier molecular flexibility index (Phi) is 6.79. The topological polar surface area (TPSA) is 72.5 Å². The van der Waals surface area contributed by atoms with Gasteiger partial charge in [0.2, 0.25) is 5.91 Å². The highest BCUT2D eigenvalue weighted by molar-refractivity contribution is 5.92. The molecule has 0 aromatic heterocycles. The van der Waals surface area contributed by atoms with Crippen molar-refractivity contribution in [3.8, 4) is 23.0 Å². The zero-order valence-corrected chi connectivity index (χ0v) is 18.1. The summed E-state index contributed by atoms with van der Waals surface area (Å²) in [6.45, 7) is 5.81. The van der Waals surface area contributed by atoms with Crippen molar-refractivity contribution < 1.29 is 23.7 Å². The number of amides is 1. The quantitative estimate of drug-likeness (QED) is 0.727. The number of rotatable bonds is 7. The lowest BCUT2D eigenvalue weighted by Crippen LogP contribution is -2.48. The van der Waals surface area contributed by atoms with Crippen molar-refractivity contribution >= 4 is 11.6 Å². The molecule has 8 heteroatoms. The molecular formula is C23H29N3O5. The van der Waals surface area contributed by atoms with E-state index in [1.165, 1.54) is 5.56 Å². The van der Waals surface area contributed by atoms with Crippen LogP contribution in [0.4, 0.5) is 5.69 Å². The van der Waals surface area contributed by atoms with Crippen LogP contribution in [-0.2, 0) is 11.3 Å². The van der Waals surface area contributed by atoms with Crippen molar-refractivity contribution in [2.75, 3.05) is 65.5 Å². The first-order chi connectivity index (χ1) is 15.1. The van der Waals surface area contributed by atoms with Gasteiger partial charge in [-0.25, -0.2) is 0 Å². The highest BCUT2D eigenvalue weighted by Gasteiger charge is 2.20. The Bertz CT molecular complexity index is 912. The van der Waals surface area contributed by atoms with Crippen molar-refractivity contribution in [2.24, 2.45) is 0 Å². The van der Waals surface area contributed by atoms with Crippen molar-refractivity contribution in [2.45, 2.75) is 6.54 Å². The van der Waals surface area contributed by atoms with Crippen LogP contribution in [0.2, 0.25) is 0 Å². The van der Waals surface area contributed by atoms with E-state index in [2.05, 4.69) is 21.2 Å². The van der Waals surface area contributed by atoms with E-state index in [0.717, 1.165) is 55.7 Å². The molecule has 31 heavy (non-hydrogen) atoms. The first kappa shape index (κ1) is 21.3. The van der Waals surface area contributed by atoms with Gasteiger partial charge >= 0.3 is 0 Å². The zero-order chi connectivity index (χ0) is 21.6. The number of piperazine rings is 1. The first-order valence-corrected chi connectivity index (χ1v) is 10.5. The van der Waals surface area contributed by atoms with Gasteiger partial charge in [0.15, 0.2) is 23.0 Å². The average molecular weight is 428 g/mol. The van der Waals surface area contributed by atoms with E-state index < -0.39 is 0 Å². The molecule has 0 radical (unpaired) electrons. The van der Waals surface area contributed by atoms with Gasteiger partial charge in [-0.2, -0.15) is 0 Å².